The van der Waals surface area contributed by atoms with Gasteiger partial charge >= 0.3 is 6.61 Å². The van der Waals surface area contributed by atoms with E-state index in [1.807, 2.05) is 6.92 Å². The van der Waals surface area contributed by atoms with Crippen molar-refractivity contribution < 1.29 is 23.0 Å². The lowest BCUT2D eigenvalue weighted by atomic mass is 10.2. The van der Waals surface area contributed by atoms with E-state index >= 15 is 0 Å². The van der Waals surface area contributed by atoms with E-state index < -0.39 is 18.6 Å². The molecule has 0 aliphatic carbocycles. The lowest BCUT2D eigenvalue weighted by Gasteiger charge is -2.17. The number of hydrogen-bond donors (Lipinski definition) is 1. The van der Waals surface area contributed by atoms with Gasteiger partial charge in [0.25, 0.3) is 5.91 Å². The second kappa shape index (κ2) is 7.97. The molecule has 0 radical (unpaired) electrons. The predicted octanol–water partition coefficient (Wildman–Crippen LogP) is 4.66. The van der Waals surface area contributed by atoms with Gasteiger partial charge in [-0.2, -0.15) is 8.78 Å². The molecule has 0 saturated heterocycles. The molecule has 0 aromatic heterocycles. The fraction of sp³-hybridized carbons (Fsp3) is 0.235. The van der Waals surface area contributed by atoms with Gasteiger partial charge in [0.05, 0.1) is 5.69 Å². The quantitative estimate of drug-likeness (QED) is 0.820. The maximum atomic E-state index is 12.4. The molecule has 0 saturated carbocycles. The van der Waals surface area contributed by atoms with Gasteiger partial charge in [-0.25, -0.2) is 0 Å². The highest BCUT2D eigenvalue weighted by atomic mass is 35.5. The highest BCUT2D eigenvalue weighted by Crippen LogP contribution is 2.26. The van der Waals surface area contributed by atoms with Crippen molar-refractivity contribution in [2.24, 2.45) is 0 Å². The Balaban J connectivity index is 2.05. The Morgan fingerprint density at radius 2 is 1.88 bits per heavy atom. The van der Waals surface area contributed by atoms with Crippen molar-refractivity contribution in [3.63, 3.8) is 0 Å². The third kappa shape index (κ3) is 4.83. The highest BCUT2D eigenvalue weighted by molar-refractivity contribution is 6.31. The number of hydrogen-bond acceptors (Lipinski definition) is 3. The highest BCUT2D eigenvalue weighted by Gasteiger charge is 2.18. The zero-order valence-electron chi connectivity index (χ0n) is 13.1. The van der Waals surface area contributed by atoms with E-state index in [-0.39, 0.29) is 11.4 Å². The van der Waals surface area contributed by atoms with E-state index in [4.69, 9.17) is 16.3 Å². The molecule has 128 valence electrons. The summed E-state index contributed by atoms with van der Waals surface area (Å²) in [4.78, 5) is 12.2. The summed E-state index contributed by atoms with van der Waals surface area (Å²) >= 11 is 5.94. The molecule has 1 unspecified atom stereocenters. The Morgan fingerprint density at radius 3 is 2.54 bits per heavy atom. The average molecular weight is 356 g/mol. The van der Waals surface area contributed by atoms with Crippen molar-refractivity contribution >= 4 is 23.2 Å². The molecule has 0 fully saturated rings. The minimum Gasteiger partial charge on any atom is -0.481 e. The SMILES string of the molecule is Cc1cc(OC(C)C(=O)Nc2ccccc2OC(F)F)ccc1Cl. The van der Waals surface area contributed by atoms with Gasteiger partial charge < -0.3 is 14.8 Å². The van der Waals surface area contributed by atoms with Crippen molar-refractivity contribution in [3.8, 4) is 11.5 Å². The molecule has 2 aromatic rings. The number of halogens is 3. The minimum atomic E-state index is -2.98. The lowest BCUT2D eigenvalue weighted by Crippen LogP contribution is -2.30. The first-order valence-electron chi connectivity index (χ1n) is 7.14. The number of rotatable bonds is 6. The Hall–Kier alpha value is -2.34. The molecular weight excluding hydrogens is 340 g/mol. The number of benzene rings is 2. The third-order valence-corrected chi connectivity index (χ3v) is 3.60. The second-order valence-corrected chi connectivity index (χ2v) is 5.44. The Labute approximate surface area is 143 Å². The summed E-state index contributed by atoms with van der Waals surface area (Å²) in [6, 6.07) is 11.0. The van der Waals surface area contributed by atoms with Gasteiger partial charge in [0, 0.05) is 5.02 Å². The maximum Gasteiger partial charge on any atom is 0.387 e. The van der Waals surface area contributed by atoms with Crippen molar-refractivity contribution in [3.05, 3.63) is 53.1 Å². The first kappa shape index (κ1) is 18.0. The van der Waals surface area contributed by atoms with Gasteiger partial charge in [-0.05, 0) is 49.7 Å². The van der Waals surface area contributed by atoms with Crippen LogP contribution in [0.2, 0.25) is 5.02 Å². The summed E-state index contributed by atoms with van der Waals surface area (Å²) in [7, 11) is 0. The van der Waals surface area contributed by atoms with Crippen LogP contribution in [0.4, 0.5) is 14.5 Å². The number of carbonyl (C=O) groups is 1. The molecule has 24 heavy (non-hydrogen) atoms. The molecular formula is C17H16ClF2NO3. The molecule has 2 aromatic carbocycles. The molecule has 7 heteroatoms. The maximum absolute atomic E-state index is 12.4. The number of aryl methyl sites for hydroxylation is 1. The van der Waals surface area contributed by atoms with Crippen molar-refractivity contribution in [2.75, 3.05) is 5.32 Å². The number of nitrogens with one attached hydrogen (secondary N) is 1. The predicted molar refractivity (Wildman–Crippen MR) is 88.0 cm³/mol. The van der Waals surface area contributed by atoms with Crippen LogP contribution in [0.1, 0.15) is 12.5 Å². The summed E-state index contributed by atoms with van der Waals surface area (Å²) in [6.45, 7) is 0.391. The summed E-state index contributed by atoms with van der Waals surface area (Å²) < 4.78 is 34.7. The van der Waals surface area contributed by atoms with Gasteiger partial charge in [-0.15, -0.1) is 0 Å². The Bertz CT molecular complexity index is 725. The average Bonchev–Trinajstić information content (AvgIpc) is 2.52. The third-order valence-electron chi connectivity index (χ3n) is 3.17. The van der Waals surface area contributed by atoms with Crippen LogP contribution in [0.5, 0.6) is 11.5 Å². The van der Waals surface area contributed by atoms with Crippen LogP contribution < -0.4 is 14.8 Å². The molecule has 0 heterocycles. The number of anilines is 1. The molecule has 1 N–H and O–H groups in total. The molecule has 1 amide bonds. The fourth-order valence-corrected chi connectivity index (χ4v) is 2.07. The van der Waals surface area contributed by atoms with E-state index in [1.54, 1.807) is 31.2 Å². The molecule has 2 rings (SSSR count). The van der Waals surface area contributed by atoms with Crippen molar-refractivity contribution in [2.45, 2.75) is 26.6 Å². The van der Waals surface area contributed by atoms with Gasteiger partial charge in [-0.1, -0.05) is 23.7 Å². The minimum absolute atomic E-state index is 0.115. The molecule has 0 bridgehead atoms. The number of amides is 1. The summed E-state index contributed by atoms with van der Waals surface area (Å²) in [5, 5.41) is 3.11. The van der Waals surface area contributed by atoms with E-state index in [1.165, 1.54) is 18.2 Å². The standard InChI is InChI=1S/C17H16ClF2NO3/c1-10-9-12(7-8-13(10)18)23-11(2)16(22)21-14-5-3-4-6-15(14)24-17(19)20/h3-9,11,17H,1-2H3,(H,21,22). The van der Waals surface area contributed by atoms with Gasteiger partial charge in [-0.3, -0.25) is 4.79 Å². The van der Waals surface area contributed by atoms with Crippen LogP contribution in [-0.2, 0) is 4.79 Å². The zero-order valence-corrected chi connectivity index (χ0v) is 13.8. The number of carbonyl (C=O) groups excluding carboxylic acids is 1. The number of alkyl halides is 2. The number of ether oxygens (including phenoxy) is 2. The summed E-state index contributed by atoms with van der Waals surface area (Å²) in [5.41, 5.74) is 0.961. The van der Waals surface area contributed by atoms with Crippen molar-refractivity contribution in [1.82, 2.24) is 0 Å². The molecule has 0 aliphatic heterocycles. The van der Waals surface area contributed by atoms with Crippen LogP contribution in [0.15, 0.2) is 42.5 Å². The second-order valence-electron chi connectivity index (χ2n) is 5.03. The molecule has 0 aliphatic rings. The van der Waals surface area contributed by atoms with E-state index in [9.17, 15) is 13.6 Å². The normalized spacial score (nSPS) is 11.9. The van der Waals surface area contributed by atoms with E-state index in [0.717, 1.165) is 5.56 Å². The van der Waals surface area contributed by atoms with Crippen LogP contribution in [0, 0.1) is 6.92 Å². The van der Waals surface area contributed by atoms with Crippen LogP contribution in [0.3, 0.4) is 0 Å². The van der Waals surface area contributed by atoms with Crippen LogP contribution in [-0.4, -0.2) is 18.6 Å². The van der Waals surface area contributed by atoms with E-state index in [0.29, 0.717) is 10.8 Å². The topological polar surface area (TPSA) is 47.6 Å². The largest absolute Gasteiger partial charge is 0.481 e. The smallest absolute Gasteiger partial charge is 0.387 e. The van der Waals surface area contributed by atoms with Crippen molar-refractivity contribution in [1.29, 1.82) is 0 Å². The summed E-state index contributed by atoms with van der Waals surface area (Å²) in [5.74, 6) is -0.125. The van der Waals surface area contributed by atoms with E-state index in [2.05, 4.69) is 10.1 Å². The fourth-order valence-electron chi connectivity index (χ4n) is 1.95. The molecule has 4 nitrogen and oxygen atoms in total. The van der Waals surface area contributed by atoms with Gasteiger partial charge in [0.2, 0.25) is 0 Å². The lowest BCUT2D eigenvalue weighted by molar-refractivity contribution is -0.122. The zero-order chi connectivity index (χ0) is 17.7. The Morgan fingerprint density at radius 1 is 1.17 bits per heavy atom. The summed E-state index contributed by atoms with van der Waals surface area (Å²) in [6.07, 6.45) is -0.842. The van der Waals surface area contributed by atoms with Gasteiger partial charge in [0.1, 0.15) is 11.5 Å². The van der Waals surface area contributed by atoms with Crippen LogP contribution >= 0.6 is 11.6 Å². The van der Waals surface area contributed by atoms with Crippen LogP contribution in [0.25, 0.3) is 0 Å². The monoisotopic (exact) mass is 355 g/mol. The Kier molecular flexibility index (Phi) is 5.98. The first-order chi connectivity index (χ1) is 11.4. The number of para-hydroxylation sites is 2. The molecule has 1 atom stereocenters. The first-order valence-corrected chi connectivity index (χ1v) is 7.52. The van der Waals surface area contributed by atoms with Gasteiger partial charge in [0.15, 0.2) is 6.10 Å². The molecule has 0 spiro atoms.